The number of primary amides is 1. The highest BCUT2D eigenvalue weighted by atomic mass is 16.3. The van der Waals surface area contributed by atoms with E-state index in [0.29, 0.717) is 0 Å². The van der Waals surface area contributed by atoms with Crippen molar-refractivity contribution in [2.75, 3.05) is 0 Å². The lowest BCUT2D eigenvalue weighted by Crippen LogP contribution is -2.38. The van der Waals surface area contributed by atoms with Crippen molar-refractivity contribution in [2.24, 2.45) is 5.73 Å². The molecule has 0 saturated heterocycles. The SMILES string of the molecule is CC(O)C([NH])C(N)=O. The molecule has 1 radical (unpaired) electrons. The van der Waals surface area contributed by atoms with Crippen molar-refractivity contribution in [2.45, 2.75) is 19.1 Å². The van der Waals surface area contributed by atoms with E-state index in [0.717, 1.165) is 0 Å². The summed E-state index contributed by atoms with van der Waals surface area (Å²) in [5, 5.41) is 8.50. The summed E-state index contributed by atoms with van der Waals surface area (Å²) < 4.78 is 0. The lowest BCUT2D eigenvalue weighted by molar-refractivity contribution is -0.121. The van der Waals surface area contributed by atoms with Crippen LogP contribution in [0.25, 0.3) is 0 Å². The van der Waals surface area contributed by atoms with Crippen molar-refractivity contribution in [3.63, 3.8) is 0 Å². The topological polar surface area (TPSA) is 87.1 Å². The fourth-order valence-electron chi connectivity index (χ4n) is 0.238. The smallest absolute Gasteiger partial charge is 0.238 e. The molecule has 0 aliphatic rings. The molecule has 2 atom stereocenters. The van der Waals surface area contributed by atoms with E-state index in [1.54, 1.807) is 0 Å². The first-order chi connectivity index (χ1) is 3.55. The Morgan fingerprint density at radius 1 is 1.88 bits per heavy atom. The van der Waals surface area contributed by atoms with Crippen LogP contribution in [0.3, 0.4) is 0 Å². The summed E-state index contributed by atoms with van der Waals surface area (Å²) in [6.07, 6.45) is -0.965. The fraction of sp³-hybridized carbons (Fsp3) is 0.750. The Kier molecular flexibility index (Phi) is 2.44. The molecule has 0 aliphatic heterocycles. The molecule has 0 spiro atoms. The van der Waals surface area contributed by atoms with Gasteiger partial charge in [-0.15, -0.1) is 0 Å². The predicted molar refractivity (Wildman–Crippen MR) is 27.8 cm³/mol. The van der Waals surface area contributed by atoms with Crippen molar-refractivity contribution in [3.8, 4) is 0 Å². The van der Waals surface area contributed by atoms with Crippen molar-refractivity contribution in [1.82, 2.24) is 5.73 Å². The maximum Gasteiger partial charge on any atom is 0.238 e. The van der Waals surface area contributed by atoms with E-state index in [-0.39, 0.29) is 0 Å². The largest absolute Gasteiger partial charge is 0.391 e. The Labute approximate surface area is 47.5 Å². The minimum absolute atomic E-state index is 0.792. The van der Waals surface area contributed by atoms with Gasteiger partial charge in [0.05, 0.1) is 6.10 Å². The van der Waals surface area contributed by atoms with Gasteiger partial charge in [0.15, 0.2) is 0 Å². The summed E-state index contributed by atoms with van der Waals surface area (Å²) in [7, 11) is 0. The van der Waals surface area contributed by atoms with E-state index >= 15 is 0 Å². The lowest BCUT2D eigenvalue weighted by atomic mass is 10.2. The van der Waals surface area contributed by atoms with Crippen LogP contribution in [-0.4, -0.2) is 23.2 Å². The zero-order valence-corrected chi connectivity index (χ0v) is 4.59. The molecule has 0 bridgehead atoms. The second kappa shape index (κ2) is 2.64. The molecule has 4 heteroatoms. The van der Waals surface area contributed by atoms with Crippen LogP contribution in [0.1, 0.15) is 6.92 Å². The Morgan fingerprint density at radius 3 is 2.25 bits per heavy atom. The molecule has 0 aromatic rings. The molecule has 0 aromatic heterocycles. The molecule has 0 aliphatic carbocycles. The predicted octanol–water partition coefficient (Wildman–Crippen LogP) is -1.50. The third kappa shape index (κ3) is 1.90. The van der Waals surface area contributed by atoms with E-state index < -0.39 is 18.1 Å². The molecule has 4 N–H and O–H groups in total. The molecule has 0 rings (SSSR count). The number of hydrogen-bond donors (Lipinski definition) is 2. The number of hydrogen-bond acceptors (Lipinski definition) is 2. The van der Waals surface area contributed by atoms with Gasteiger partial charge in [-0.1, -0.05) is 0 Å². The second-order valence-electron chi connectivity index (χ2n) is 1.62. The van der Waals surface area contributed by atoms with Gasteiger partial charge < -0.3 is 10.8 Å². The molecule has 4 nitrogen and oxygen atoms in total. The van der Waals surface area contributed by atoms with Gasteiger partial charge in [-0.3, -0.25) is 4.79 Å². The first kappa shape index (κ1) is 7.39. The van der Waals surface area contributed by atoms with E-state index in [1.807, 2.05) is 0 Å². The van der Waals surface area contributed by atoms with E-state index in [1.165, 1.54) is 6.92 Å². The minimum Gasteiger partial charge on any atom is -0.391 e. The third-order valence-electron chi connectivity index (χ3n) is 0.789. The maximum absolute atomic E-state index is 10.0. The number of rotatable bonds is 2. The molecule has 0 heterocycles. The molecule has 47 valence electrons. The van der Waals surface area contributed by atoms with Gasteiger partial charge in [-0.25, -0.2) is 5.73 Å². The highest BCUT2D eigenvalue weighted by Crippen LogP contribution is 1.86. The normalized spacial score (nSPS) is 17.4. The van der Waals surface area contributed by atoms with Crippen LogP contribution >= 0.6 is 0 Å². The van der Waals surface area contributed by atoms with Crippen LogP contribution in [0.15, 0.2) is 0 Å². The average Bonchev–Trinajstić information content (AvgIpc) is 1.64. The van der Waals surface area contributed by atoms with Crippen molar-refractivity contribution in [1.29, 1.82) is 0 Å². The Morgan fingerprint density at radius 2 is 2.25 bits per heavy atom. The standard InChI is InChI=1S/C4H9N2O2/c1-2(7)3(5)4(6)8/h2-3,5,7H,1H3,(H2,6,8). The zero-order valence-electron chi connectivity index (χ0n) is 4.59. The maximum atomic E-state index is 10.0. The van der Waals surface area contributed by atoms with Crippen LogP contribution in [-0.2, 0) is 4.79 Å². The van der Waals surface area contributed by atoms with Gasteiger partial charge >= 0.3 is 0 Å². The van der Waals surface area contributed by atoms with Gasteiger partial charge in [-0.2, -0.15) is 0 Å². The summed E-state index contributed by atoms with van der Waals surface area (Å²) in [6, 6.07) is -1.19. The van der Waals surface area contributed by atoms with Gasteiger partial charge in [0, 0.05) is 0 Å². The minimum atomic E-state index is -1.19. The molecule has 1 amide bonds. The zero-order chi connectivity index (χ0) is 6.73. The highest BCUT2D eigenvalue weighted by Gasteiger charge is 2.14. The summed E-state index contributed by atoms with van der Waals surface area (Å²) in [5.41, 5.74) is 11.4. The van der Waals surface area contributed by atoms with E-state index in [4.69, 9.17) is 10.8 Å². The van der Waals surface area contributed by atoms with Crippen molar-refractivity contribution < 1.29 is 9.90 Å². The Bertz CT molecular complexity index is 92.0. The summed E-state index contributed by atoms with van der Waals surface area (Å²) in [4.78, 5) is 10.0. The number of carbonyl (C=O) groups is 1. The Hall–Kier alpha value is -0.610. The molecule has 2 unspecified atom stereocenters. The second-order valence-corrected chi connectivity index (χ2v) is 1.62. The number of nitrogens with one attached hydrogen (secondary N) is 1. The van der Waals surface area contributed by atoms with Gasteiger partial charge in [-0.05, 0) is 6.92 Å². The van der Waals surface area contributed by atoms with Gasteiger partial charge in [0.25, 0.3) is 0 Å². The van der Waals surface area contributed by atoms with Crippen LogP contribution in [0.4, 0.5) is 0 Å². The molecule has 0 fully saturated rings. The monoisotopic (exact) mass is 117 g/mol. The average molecular weight is 117 g/mol. The molecular weight excluding hydrogens is 108 g/mol. The lowest BCUT2D eigenvalue weighted by Gasteiger charge is -2.07. The van der Waals surface area contributed by atoms with Crippen LogP contribution in [0.5, 0.6) is 0 Å². The van der Waals surface area contributed by atoms with Gasteiger partial charge in [0.2, 0.25) is 5.91 Å². The Balaban J connectivity index is 3.64. The van der Waals surface area contributed by atoms with E-state index in [2.05, 4.69) is 5.73 Å². The van der Waals surface area contributed by atoms with Gasteiger partial charge in [0.1, 0.15) is 6.04 Å². The molecular formula is C4H9N2O2. The first-order valence-electron chi connectivity index (χ1n) is 2.24. The van der Waals surface area contributed by atoms with Crippen molar-refractivity contribution in [3.05, 3.63) is 0 Å². The number of aliphatic hydroxyl groups is 1. The quantitative estimate of drug-likeness (QED) is 0.461. The number of nitrogens with two attached hydrogens (primary N) is 1. The molecule has 8 heavy (non-hydrogen) atoms. The number of carbonyl (C=O) groups excluding carboxylic acids is 1. The summed E-state index contributed by atoms with van der Waals surface area (Å²) >= 11 is 0. The third-order valence-corrected chi connectivity index (χ3v) is 0.789. The van der Waals surface area contributed by atoms with Crippen LogP contribution in [0.2, 0.25) is 0 Å². The first-order valence-corrected chi connectivity index (χ1v) is 2.24. The highest BCUT2D eigenvalue weighted by molar-refractivity contribution is 5.79. The molecule has 0 saturated carbocycles. The number of amides is 1. The van der Waals surface area contributed by atoms with Crippen LogP contribution < -0.4 is 11.5 Å². The summed E-state index contributed by atoms with van der Waals surface area (Å²) in [5.74, 6) is -0.792. The number of aliphatic hydroxyl groups excluding tert-OH is 1. The van der Waals surface area contributed by atoms with Crippen LogP contribution in [0, 0.1) is 0 Å². The van der Waals surface area contributed by atoms with Crippen molar-refractivity contribution >= 4 is 5.91 Å². The summed E-state index contributed by atoms with van der Waals surface area (Å²) in [6.45, 7) is 1.35. The fourth-order valence-corrected chi connectivity index (χ4v) is 0.238. The molecule has 0 aromatic carbocycles. The van der Waals surface area contributed by atoms with E-state index in [9.17, 15) is 4.79 Å².